The van der Waals surface area contributed by atoms with Crippen LogP contribution in [0, 0.1) is 5.92 Å². The fourth-order valence-corrected chi connectivity index (χ4v) is 3.96. The Morgan fingerprint density at radius 3 is 2.17 bits per heavy atom. The Labute approximate surface area is 144 Å². The molecule has 2 aromatic carbocycles. The fourth-order valence-electron chi connectivity index (χ4n) is 2.37. The van der Waals surface area contributed by atoms with Gasteiger partial charge in [-0.15, -0.1) is 0 Å². The van der Waals surface area contributed by atoms with Crippen LogP contribution in [0.1, 0.15) is 19.4 Å². The molecule has 0 aliphatic heterocycles. The van der Waals surface area contributed by atoms with Crippen LogP contribution < -0.4 is 10.5 Å². The van der Waals surface area contributed by atoms with Gasteiger partial charge in [0.2, 0.25) is 0 Å². The zero-order valence-electron chi connectivity index (χ0n) is 14.2. The minimum absolute atomic E-state index is 0.0861. The monoisotopic (exact) mass is 347 g/mol. The largest absolute Gasteiger partial charge is 0.493 e. The second-order valence-corrected chi connectivity index (χ2v) is 8.50. The Balaban J connectivity index is 2.10. The number of benzene rings is 2. The van der Waals surface area contributed by atoms with Crippen molar-refractivity contribution in [1.82, 2.24) is 0 Å². The van der Waals surface area contributed by atoms with E-state index in [2.05, 4.69) is 13.8 Å². The van der Waals surface area contributed by atoms with Crippen molar-refractivity contribution in [3.8, 4) is 5.75 Å². The van der Waals surface area contributed by atoms with Crippen LogP contribution in [-0.4, -0.2) is 26.8 Å². The minimum Gasteiger partial charge on any atom is -0.493 e. The Kier molecular flexibility index (Phi) is 6.40. The summed E-state index contributed by atoms with van der Waals surface area (Å²) < 4.78 is 31.1. The summed E-state index contributed by atoms with van der Waals surface area (Å²) in [6.45, 7) is 4.93. The maximum Gasteiger partial charge on any atom is 0.182 e. The zero-order valence-corrected chi connectivity index (χ0v) is 15.0. The van der Waals surface area contributed by atoms with E-state index >= 15 is 0 Å². The molecule has 0 aliphatic carbocycles. The van der Waals surface area contributed by atoms with Crippen molar-refractivity contribution < 1.29 is 13.2 Å². The molecule has 0 amide bonds. The molecule has 2 aromatic rings. The summed E-state index contributed by atoms with van der Waals surface area (Å²) in [5, 5.41) is -0.637. The molecule has 0 fully saturated rings. The molecule has 130 valence electrons. The normalized spacial score (nSPS) is 13.0. The van der Waals surface area contributed by atoms with E-state index in [0.717, 1.165) is 11.3 Å². The first-order chi connectivity index (χ1) is 11.4. The smallest absolute Gasteiger partial charge is 0.182 e. The molecular formula is C19H25NO3S. The lowest BCUT2D eigenvalue weighted by atomic mass is 10.1. The predicted octanol–water partition coefficient (Wildman–Crippen LogP) is 3.07. The van der Waals surface area contributed by atoms with E-state index in [4.69, 9.17) is 10.5 Å². The summed E-state index contributed by atoms with van der Waals surface area (Å²) >= 11 is 0. The lowest BCUT2D eigenvalue weighted by Gasteiger charge is -2.16. The van der Waals surface area contributed by atoms with Crippen LogP contribution in [0.15, 0.2) is 59.5 Å². The number of nitrogens with two attached hydrogens (primary N) is 1. The number of ether oxygens (including phenoxy) is 1. The van der Waals surface area contributed by atoms with Gasteiger partial charge in [-0.05, 0) is 42.2 Å². The van der Waals surface area contributed by atoms with Crippen molar-refractivity contribution in [1.29, 1.82) is 0 Å². The fraction of sp³-hybridized carbons (Fsp3) is 0.368. The van der Waals surface area contributed by atoms with E-state index in [1.54, 1.807) is 30.3 Å². The molecule has 4 nitrogen and oxygen atoms in total. The van der Waals surface area contributed by atoms with Gasteiger partial charge < -0.3 is 10.5 Å². The van der Waals surface area contributed by atoms with Gasteiger partial charge in [0.25, 0.3) is 0 Å². The number of hydrogen-bond acceptors (Lipinski definition) is 4. The maximum atomic E-state index is 12.7. The van der Waals surface area contributed by atoms with E-state index in [0.29, 0.717) is 23.8 Å². The highest BCUT2D eigenvalue weighted by molar-refractivity contribution is 7.92. The summed E-state index contributed by atoms with van der Waals surface area (Å²) in [5.74, 6) is 1.25. The Morgan fingerprint density at radius 1 is 1.00 bits per heavy atom. The number of hydrogen-bond donors (Lipinski definition) is 1. The van der Waals surface area contributed by atoms with Crippen LogP contribution in [0.25, 0.3) is 0 Å². The van der Waals surface area contributed by atoms with E-state index in [-0.39, 0.29) is 6.54 Å². The van der Waals surface area contributed by atoms with E-state index in [1.165, 1.54) is 0 Å². The van der Waals surface area contributed by atoms with Gasteiger partial charge in [-0.2, -0.15) is 0 Å². The highest BCUT2D eigenvalue weighted by Crippen LogP contribution is 2.20. The molecule has 0 radical (unpaired) electrons. The summed E-state index contributed by atoms with van der Waals surface area (Å²) in [5.41, 5.74) is 6.68. The van der Waals surface area contributed by atoms with Gasteiger partial charge in [-0.25, -0.2) is 8.42 Å². The Morgan fingerprint density at radius 2 is 1.62 bits per heavy atom. The second-order valence-electron chi connectivity index (χ2n) is 6.27. The van der Waals surface area contributed by atoms with Crippen molar-refractivity contribution in [3.05, 3.63) is 60.2 Å². The first kappa shape index (κ1) is 18.5. The van der Waals surface area contributed by atoms with Gasteiger partial charge in [0.1, 0.15) is 5.75 Å². The SMILES string of the molecule is CC(C)COc1ccc(CC(CN)S(=O)(=O)c2ccccc2)cc1. The average molecular weight is 347 g/mol. The third kappa shape index (κ3) is 4.82. The van der Waals surface area contributed by atoms with Gasteiger partial charge in [-0.3, -0.25) is 0 Å². The van der Waals surface area contributed by atoms with Crippen LogP contribution >= 0.6 is 0 Å². The first-order valence-corrected chi connectivity index (χ1v) is 9.69. The lowest BCUT2D eigenvalue weighted by molar-refractivity contribution is 0.271. The summed E-state index contributed by atoms with van der Waals surface area (Å²) in [6.07, 6.45) is 0.387. The quantitative estimate of drug-likeness (QED) is 0.797. The third-order valence-corrected chi connectivity index (χ3v) is 5.91. The molecule has 5 heteroatoms. The zero-order chi connectivity index (χ0) is 17.6. The standard InChI is InChI=1S/C19H25NO3S/c1-15(2)14-23-17-10-8-16(9-11-17)12-19(13-20)24(21,22)18-6-4-3-5-7-18/h3-11,15,19H,12-14,20H2,1-2H3. The van der Waals surface area contributed by atoms with Gasteiger partial charge in [-0.1, -0.05) is 44.2 Å². The van der Waals surface area contributed by atoms with E-state index < -0.39 is 15.1 Å². The van der Waals surface area contributed by atoms with Crippen molar-refractivity contribution in [2.45, 2.75) is 30.4 Å². The molecular weight excluding hydrogens is 322 g/mol. The Hall–Kier alpha value is -1.85. The molecule has 0 aromatic heterocycles. The van der Waals surface area contributed by atoms with E-state index in [9.17, 15) is 8.42 Å². The van der Waals surface area contributed by atoms with Crippen LogP contribution in [0.3, 0.4) is 0 Å². The van der Waals surface area contributed by atoms with Crippen LogP contribution in [0.2, 0.25) is 0 Å². The highest BCUT2D eigenvalue weighted by Gasteiger charge is 2.26. The predicted molar refractivity (Wildman–Crippen MR) is 96.9 cm³/mol. The molecule has 0 bridgehead atoms. The molecule has 0 aliphatic rings. The number of rotatable bonds is 8. The topological polar surface area (TPSA) is 69.4 Å². The van der Waals surface area contributed by atoms with Gasteiger partial charge in [0.15, 0.2) is 9.84 Å². The van der Waals surface area contributed by atoms with Gasteiger partial charge in [0.05, 0.1) is 16.8 Å². The molecule has 1 unspecified atom stereocenters. The molecule has 0 saturated heterocycles. The van der Waals surface area contributed by atoms with Crippen molar-refractivity contribution >= 4 is 9.84 Å². The van der Waals surface area contributed by atoms with Crippen LogP contribution in [0.4, 0.5) is 0 Å². The molecule has 2 rings (SSSR count). The highest BCUT2D eigenvalue weighted by atomic mass is 32.2. The Bertz CT molecular complexity index is 725. The molecule has 24 heavy (non-hydrogen) atoms. The lowest BCUT2D eigenvalue weighted by Crippen LogP contribution is -2.31. The molecule has 1 atom stereocenters. The number of sulfone groups is 1. The van der Waals surface area contributed by atoms with Gasteiger partial charge >= 0.3 is 0 Å². The molecule has 0 saturated carbocycles. The summed E-state index contributed by atoms with van der Waals surface area (Å²) in [6, 6.07) is 16.0. The third-order valence-electron chi connectivity index (χ3n) is 3.74. The van der Waals surface area contributed by atoms with Crippen molar-refractivity contribution in [2.75, 3.05) is 13.2 Å². The maximum absolute atomic E-state index is 12.7. The first-order valence-electron chi connectivity index (χ1n) is 8.14. The summed E-state index contributed by atoms with van der Waals surface area (Å²) in [4.78, 5) is 0.317. The van der Waals surface area contributed by atoms with Crippen molar-refractivity contribution in [3.63, 3.8) is 0 Å². The van der Waals surface area contributed by atoms with Gasteiger partial charge in [0, 0.05) is 6.54 Å². The molecule has 0 heterocycles. The van der Waals surface area contributed by atoms with Crippen LogP contribution in [0.5, 0.6) is 5.75 Å². The second kappa shape index (κ2) is 8.31. The van der Waals surface area contributed by atoms with Crippen LogP contribution in [-0.2, 0) is 16.3 Å². The summed E-state index contributed by atoms with van der Waals surface area (Å²) in [7, 11) is -3.44. The average Bonchev–Trinajstić information content (AvgIpc) is 2.59. The van der Waals surface area contributed by atoms with Crippen molar-refractivity contribution in [2.24, 2.45) is 11.7 Å². The molecule has 2 N–H and O–H groups in total. The van der Waals surface area contributed by atoms with E-state index in [1.807, 2.05) is 24.3 Å². The minimum atomic E-state index is -3.44. The molecule has 0 spiro atoms.